The molecular formula is C31H45N3O4S. The number of fused-ring (bicyclic) bond motifs is 1. The summed E-state index contributed by atoms with van der Waals surface area (Å²) in [5.41, 5.74) is 5.48. The molecule has 4 rings (SSSR count). The highest BCUT2D eigenvalue weighted by atomic mass is 32.1. The van der Waals surface area contributed by atoms with Crippen LogP contribution in [0.3, 0.4) is 0 Å². The Kier molecular flexibility index (Phi) is 9.06. The molecule has 39 heavy (non-hydrogen) atoms. The highest BCUT2D eigenvalue weighted by Gasteiger charge is 2.37. The molecule has 2 aliphatic rings. The summed E-state index contributed by atoms with van der Waals surface area (Å²) >= 11 is 1.68. The number of carbonyl (C=O) groups is 2. The first-order chi connectivity index (χ1) is 18.4. The van der Waals surface area contributed by atoms with Crippen molar-refractivity contribution in [1.29, 1.82) is 0 Å². The zero-order valence-electron chi connectivity index (χ0n) is 24.4. The van der Waals surface area contributed by atoms with Gasteiger partial charge in [0.25, 0.3) is 0 Å². The topological polar surface area (TPSA) is 91.8 Å². The molecule has 1 saturated heterocycles. The summed E-state index contributed by atoms with van der Waals surface area (Å²) in [4.78, 5) is 31.2. The summed E-state index contributed by atoms with van der Waals surface area (Å²) in [7, 11) is 0. The molecule has 1 aliphatic heterocycles. The highest BCUT2D eigenvalue weighted by molar-refractivity contribution is 7.14. The lowest BCUT2D eigenvalue weighted by atomic mass is 9.63. The number of carboxylic acids is 1. The molecule has 2 aromatic rings. The van der Waals surface area contributed by atoms with Gasteiger partial charge in [0.1, 0.15) is 6.04 Å². The van der Waals surface area contributed by atoms with Crippen molar-refractivity contribution in [2.45, 2.75) is 116 Å². The van der Waals surface area contributed by atoms with Gasteiger partial charge in [-0.3, -0.25) is 9.59 Å². The van der Waals surface area contributed by atoms with Gasteiger partial charge in [0, 0.05) is 36.5 Å². The first kappa shape index (κ1) is 29.5. The SMILES string of the molecule is CCC(C)OC(=O)C(CCC(=O)O)NC1CCN(c2nc(-c3ccc4c(c3)C(C)(C)CCC4(C)C)cs2)CC1. The molecule has 7 nitrogen and oxygen atoms in total. The number of ether oxygens (including phenoxy) is 1. The van der Waals surface area contributed by atoms with E-state index in [1.807, 2.05) is 13.8 Å². The van der Waals surface area contributed by atoms with Crippen LogP contribution in [-0.4, -0.2) is 53.3 Å². The van der Waals surface area contributed by atoms with Crippen molar-refractivity contribution in [3.63, 3.8) is 0 Å². The third-order valence-electron chi connectivity index (χ3n) is 8.67. The predicted molar refractivity (Wildman–Crippen MR) is 158 cm³/mol. The number of nitrogens with one attached hydrogen (secondary N) is 1. The number of aliphatic carboxylic acids is 1. The minimum absolute atomic E-state index is 0.0641. The molecule has 8 heteroatoms. The fourth-order valence-electron chi connectivity index (χ4n) is 5.71. The predicted octanol–water partition coefficient (Wildman–Crippen LogP) is 6.29. The molecule has 0 saturated carbocycles. The monoisotopic (exact) mass is 555 g/mol. The average molecular weight is 556 g/mol. The number of esters is 1. The van der Waals surface area contributed by atoms with E-state index in [4.69, 9.17) is 14.8 Å². The third-order valence-corrected chi connectivity index (χ3v) is 9.57. The first-order valence-electron chi connectivity index (χ1n) is 14.4. The average Bonchev–Trinajstić information content (AvgIpc) is 3.39. The molecule has 1 aromatic carbocycles. The number of aromatic nitrogens is 1. The maximum atomic E-state index is 12.7. The molecule has 2 N–H and O–H groups in total. The smallest absolute Gasteiger partial charge is 0.323 e. The molecule has 1 aromatic heterocycles. The van der Waals surface area contributed by atoms with E-state index in [1.54, 1.807) is 11.3 Å². The minimum atomic E-state index is -0.904. The molecule has 214 valence electrons. The van der Waals surface area contributed by atoms with Crippen molar-refractivity contribution in [2.75, 3.05) is 18.0 Å². The molecule has 0 amide bonds. The molecule has 0 radical (unpaired) electrons. The van der Waals surface area contributed by atoms with Crippen LogP contribution in [0, 0.1) is 0 Å². The number of nitrogens with zero attached hydrogens (tertiary/aromatic N) is 2. The van der Waals surface area contributed by atoms with Crippen LogP contribution in [0.25, 0.3) is 11.3 Å². The van der Waals surface area contributed by atoms with Crippen molar-refractivity contribution in [3.05, 3.63) is 34.7 Å². The Morgan fingerprint density at radius 1 is 1.15 bits per heavy atom. The lowest BCUT2D eigenvalue weighted by Crippen LogP contribution is -2.49. The number of hydrogen-bond acceptors (Lipinski definition) is 7. The zero-order valence-corrected chi connectivity index (χ0v) is 25.2. The van der Waals surface area contributed by atoms with Crippen LogP contribution >= 0.6 is 11.3 Å². The van der Waals surface area contributed by atoms with Gasteiger partial charge in [-0.25, -0.2) is 4.98 Å². The van der Waals surface area contributed by atoms with Gasteiger partial charge in [0.15, 0.2) is 5.13 Å². The number of rotatable bonds is 10. The van der Waals surface area contributed by atoms with E-state index in [9.17, 15) is 9.59 Å². The number of carboxylic acid groups (broad SMARTS) is 1. The fraction of sp³-hybridized carbons (Fsp3) is 0.645. The maximum absolute atomic E-state index is 12.7. The van der Waals surface area contributed by atoms with Crippen LogP contribution < -0.4 is 10.2 Å². The Hall–Kier alpha value is -2.45. The van der Waals surface area contributed by atoms with E-state index in [-0.39, 0.29) is 41.8 Å². The molecule has 1 fully saturated rings. The normalized spacial score (nSPS) is 20.2. The molecule has 0 bridgehead atoms. The van der Waals surface area contributed by atoms with Gasteiger partial charge < -0.3 is 20.1 Å². The Balaban J connectivity index is 1.40. The molecule has 0 spiro atoms. The number of anilines is 1. The summed E-state index contributed by atoms with van der Waals surface area (Å²) in [5.74, 6) is -1.26. The van der Waals surface area contributed by atoms with E-state index in [0.717, 1.165) is 43.2 Å². The molecule has 2 atom stereocenters. The standard InChI is InChI=1S/C31H45N3O4S/c1-7-20(2)38-28(37)25(10-11-27(35)36)32-22-12-16-34(17-13-22)29-33-26(19-39-29)21-8-9-23-24(18-21)31(5,6)15-14-30(23,3)4/h8-9,18-20,22,25,32H,7,10-17H2,1-6H3,(H,35,36). The molecule has 1 aliphatic carbocycles. The van der Waals surface area contributed by atoms with Crippen LogP contribution in [-0.2, 0) is 25.2 Å². The zero-order chi connectivity index (χ0) is 28.4. The summed E-state index contributed by atoms with van der Waals surface area (Å²) in [6.07, 6.45) is 4.83. The van der Waals surface area contributed by atoms with Crippen LogP contribution in [0.5, 0.6) is 0 Å². The minimum Gasteiger partial charge on any atom is -0.481 e. The van der Waals surface area contributed by atoms with E-state index < -0.39 is 12.0 Å². The summed E-state index contributed by atoms with van der Waals surface area (Å²) in [6.45, 7) is 14.9. The number of piperidine rings is 1. The quantitative estimate of drug-likeness (QED) is 0.333. The van der Waals surface area contributed by atoms with Crippen molar-refractivity contribution in [2.24, 2.45) is 0 Å². The van der Waals surface area contributed by atoms with Gasteiger partial charge in [-0.05, 0) is 73.5 Å². The second-order valence-corrected chi connectivity index (χ2v) is 13.4. The van der Waals surface area contributed by atoms with Gasteiger partial charge >= 0.3 is 11.9 Å². The number of hydrogen-bond donors (Lipinski definition) is 2. The van der Waals surface area contributed by atoms with E-state index in [0.29, 0.717) is 0 Å². The van der Waals surface area contributed by atoms with Crippen molar-refractivity contribution >= 4 is 28.4 Å². The summed E-state index contributed by atoms with van der Waals surface area (Å²) < 4.78 is 5.52. The second kappa shape index (κ2) is 12.0. The highest BCUT2D eigenvalue weighted by Crippen LogP contribution is 2.47. The lowest BCUT2D eigenvalue weighted by Gasteiger charge is -2.42. The molecular weight excluding hydrogens is 510 g/mol. The summed E-state index contributed by atoms with van der Waals surface area (Å²) in [6, 6.07) is 6.44. The van der Waals surface area contributed by atoms with E-state index in [2.05, 4.69) is 61.5 Å². The van der Waals surface area contributed by atoms with Crippen molar-refractivity contribution in [3.8, 4) is 11.3 Å². The van der Waals surface area contributed by atoms with Gasteiger partial charge in [-0.2, -0.15) is 0 Å². The Morgan fingerprint density at radius 3 is 2.46 bits per heavy atom. The number of thiazole rings is 1. The maximum Gasteiger partial charge on any atom is 0.323 e. The Bertz CT molecular complexity index is 1170. The van der Waals surface area contributed by atoms with Crippen molar-refractivity contribution < 1.29 is 19.4 Å². The molecule has 2 heterocycles. The summed E-state index contributed by atoms with van der Waals surface area (Å²) in [5, 5.41) is 15.7. The largest absolute Gasteiger partial charge is 0.481 e. The van der Waals surface area contributed by atoms with E-state index in [1.165, 1.54) is 29.5 Å². The van der Waals surface area contributed by atoms with Crippen molar-refractivity contribution in [1.82, 2.24) is 10.3 Å². The van der Waals surface area contributed by atoms with Crippen LogP contribution in [0.1, 0.15) is 97.6 Å². The second-order valence-electron chi connectivity index (χ2n) is 12.6. The number of benzene rings is 1. The van der Waals surface area contributed by atoms with Gasteiger partial charge in [-0.1, -0.05) is 46.8 Å². The number of carbonyl (C=O) groups excluding carboxylic acids is 1. The van der Waals surface area contributed by atoms with Crippen LogP contribution in [0.2, 0.25) is 0 Å². The lowest BCUT2D eigenvalue weighted by molar-refractivity contribution is -0.151. The van der Waals surface area contributed by atoms with Gasteiger partial charge in [0.05, 0.1) is 11.8 Å². The Morgan fingerprint density at radius 2 is 1.82 bits per heavy atom. The molecule has 2 unspecified atom stereocenters. The van der Waals surface area contributed by atoms with Gasteiger partial charge in [0.2, 0.25) is 0 Å². The van der Waals surface area contributed by atoms with Crippen LogP contribution in [0.4, 0.5) is 5.13 Å². The fourth-order valence-corrected chi connectivity index (χ4v) is 6.60. The first-order valence-corrected chi connectivity index (χ1v) is 15.3. The van der Waals surface area contributed by atoms with Crippen LogP contribution in [0.15, 0.2) is 23.6 Å². The van der Waals surface area contributed by atoms with Gasteiger partial charge in [-0.15, -0.1) is 11.3 Å². The van der Waals surface area contributed by atoms with E-state index >= 15 is 0 Å². The Labute approximate surface area is 237 Å². The third kappa shape index (κ3) is 7.01.